The molecule has 1 fully saturated rings. The Morgan fingerprint density at radius 2 is 1.94 bits per heavy atom. The van der Waals surface area contributed by atoms with Gasteiger partial charge in [-0.25, -0.2) is 0 Å². The molecule has 0 aromatic carbocycles. The van der Waals surface area contributed by atoms with Crippen LogP contribution in [0.25, 0.3) is 0 Å². The molecule has 3 nitrogen and oxygen atoms in total. The van der Waals surface area contributed by atoms with E-state index in [-0.39, 0.29) is 0 Å². The third kappa shape index (κ3) is 4.87. The lowest BCUT2D eigenvalue weighted by Gasteiger charge is -2.40. The molecule has 18 heavy (non-hydrogen) atoms. The van der Waals surface area contributed by atoms with Gasteiger partial charge in [0, 0.05) is 25.2 Å². The van der Waals surface area contributed by atoms with Crippen LogP contribution in [0.15, 0.2) is 0 Å². The summed E-state index contributed by atoms with van der Waals surface area (Å²) in [6, 6.07) is 1.05. The summed E-state index contributed by atoms with van der Waals surface area (Å²) in [6.45, 7) is 17.7. The van der Waals surface area contributed by atoms with Crippen LogP contribution >= 0.6 is 0 Å². The van der Waals surface area contributed by atoms with Gasteiger partial charge < -0.3 is 15.4 Å². The minimum atomic E-state index is 0.303. The zero-order chi connectivity index (χ0) is 13.8. The molecule has 108 valence electrons. The zero-order valence-electron chi connectivity index (χ0n) is 13.1. The fourth-order valence-electron chi connectivity index (χ4n) is 1.98. The maximum atomic E-state index is 5.49. The molecule has 2 atom stereocenters. The molecule has 1 aliphatic rings. The quantitative estimate of drug-likeness (QED) is 0.792. The first-order valence-electron chi connectivity index (χ1n) is 7.27. The molecular weight excluding hydrogens is 224 g/mol. The van der Waals surface area contributed by atoms with Crippen molar-refractivity contribution in [2.45, 2.75) is 60.0 Å². The van der Waals surface area contributed by atoms with E-state index in [9.17, 15) is 0 Å². The topological polar surface area (TPSA) is 33.3 Å². The first-order chi connectivity index (χ1) is 8.22. The van der Waals surface area contributed by atoms with Gasteiger partial charge in [0.1, 0.15) is 0 Å². The van der Waals surface area contributed by atoms with E-state index in [1.807, 2.05) is 0 Å². The highest BCUT2D eigenvalue weighted by Crippen LogP contribution is 2.37. The van der Waals surface area contributed by atoms with Crippen molar-refractivity contribution in [1.82, 2.24) is 10.6 Å². The lowest BCUT2D eigenvalue weighted by atomic mass is 9.69. The summed E-state index contributed by atoms with van der Waals surface area (Å²) in [7, 11) is 0. The van der Waals surface area contributed by atoms with Gasteiger partial charge in [-0.05, 0) is 24.2 Å². The van der Waals surface area contributed by atoms with Crippen LogP contribution in [-0.4, -0.2) is 38.4 Å². The SMILES string of the molecule is CC(CC1COCCN1)NCC(C)(C)C(C)(C)C. The number of hydrogen-bond donors (Lipinski definition) is 2. The first-order valence-corrected chi connectivity index (χ1v) is 7.27. The average molecular weight is 256 g/mol. The smallest absolute Gasteiger partial charge is 0.0620 e. The summed E-state index contributed by atoms with van der Waals surface area (Å²) >= 11 is 0. The second kappa shape index (κ2) is 6.36. The van der Waals surface area contributed by atoms with Crippen molar-refractivity contribution in [1.29, 1.82) is 0 Å². The van der Waals surface area contributed by atoms with Crippen LogP contribution in [-0.2, 0) is 4.74 Å². The molecule has 0 spiro atoms. The molecule has 3 heteroatoms. The van der Waals surface area contributed by atoms with E-state index in [4.69, 9.17) is 4.74 Å². The van der Waals surface area contributed by atoms with Crippen LogP contribution in [0.4, 0.5) is 0 Å². The predicted octanol–water partition coefficient (Wildman–Crippen LogP) is 2.42. The Hall–Kier alpha value is -0.120. The normalized spacial score (nSPS) is 24.0. The van der Waals surface area contributed by atoms with Crippen LogP contribution < -0.4 is 10.6 Å². The Bertz CT molecular complexity index is 239. The number of ether oxygens (including phenoxy) is 1. The largest absolute Gasteiger partial charge is 0.379 e. The van der Waals surface area contributed by atoms with Gasteiger partial charge in [0.15, 0.2) is 0 Å². The molecule has 0 amide bonds. The Morgan fingerprint density at radius 3 is 2.44 bits per heavy atom. The lowest BCUT2D eigenvalue weighted by molar-refractivity contribution is 0.0691. The minimum Gasteiger partial charge on any atom is -0.379 e. The number of hydrogen-bond acceptors (Lipinski definition) is 3. The molecule has 0 saturated carbocycles. The van der Waals surface area contributed by atoms with E-state index in [1.54, 1.807) is 0 Å². The van der Waals surface area contributed by atoms with E-state index in [2.05, 4.69) is 52.2 Å². The van der Waals surface area contributed by atoms with E-state index < -0.39 is 0 Å². The van der Waals surface area contributed by atoms with Gasteiger partial charge in [-0.1, -0.05) is 34.6 Å². The summed E-state index contributed by atoms with van der Waals surface area (Å²) in [4.78, 5) is 0. The summed E-state index contributed by atoms with van der Waals surface area (Å²) in [5.74, 6) is 0. The molecule has 2 unspecified atom stereocenters. The van der Waals surface area contributed by atoms with E-state index in [0.717, 1.165) is 32.7 Å². The molecule has 0 aromatic rings. The monoisotopic (exact) mass is 256 g/mol. The Kier molecular flexibility index (Phi) is 5.63. The van der Waals surface area contributed by atoms with Crippen LogP contribution in [0.5, 0.6) is 0 Å². The summed E-state index contributed by atoms with van der Waals surface area (Å²) in [5.41, 5.74) is 0.629. The standard InChI is InChI=1S/C15H32N2O/c1-12(9-13-10-18-8-7-16-13)17-11-15(5,6)14(2,3)4/h12-13,16-17H,7-11H2,1-6H3. The number of rotatable bonds is 5. The van der Waals surface area contributed by atoms with Crippen molar-refractivity contribution in [3.05, 3.63) is 0 Å². The van der Waals surface area contributed by atoms with Crippen LogP contribution in [0.1, 0.15) is 48.0 Å². The van der Waals surface area contributed by atoms with Gasteiger partial charge in [0.2, 0.25) is 0 Å². The predicted molar refractivity (Wildman–Crippen MR) is 77.9 cm³/mol. The van der Waals surface area contributed by atoms with Crippen molar-refractivity contribution >= 4 is 0 Å². The van der Waals surface area contributed by atoms with Gasteiger partial charge in [0.05, 0.1) is 13.2 Å². The fourth-order valence-corrected chi connectivity index (χ4v) is 1.98. The minimum absolute atomic E-state index is 0.303. The molecular formula is C15H32N2O. The molecule has 1 heterocycles. The van der Waals surface area contributed by atoms with Crippen molar-refractivity contribution in [2.75, 3.05) is 26.3 Å². The molecule has 2 N–H and O–H groups in total. The van der Waals surface area contributed by atoms with Gasteiger partial charge in [-0.3, -0.25) is 0 Å². The van der Waals surface area contributed by atoms with Crippen molar-refractivity contribution < 1.29 is 4.74 Å². The molecule has 0 aromatic heterocycles. The highest BCUT2D eigenvalue weighted by Gasteiger charge is 2.32. The summed E-state index contributed by atoms with van der Waals surface area (Å²) in [6.07, 6.45) is 1.14. The van der Waals surface area contributed by atoms with E-state index in [1.165, 1.54) is 0 Å². The van der Waals surface area contributed by atoms with Gasteiger partial charge in [-0.15, -0.1) is 0 Å². The molecule has 1 saturated heterocycles. The first kappa shape index (κ1) is 15.9. The summed E-state index contributed by atoms with van der Waals surface area (Å²) in [5, 5.41) is 7.19. The molecule has 0 aliphatic carbocycles. The van der Waals surface area contributed by atoms with E-state index in [0.29, 0.717) is 22.9 Å². The van der Waals surface area contributed by atoms with Crippen LogP contribution in [0, 0.1) is 10.8 Å². The Balaban J connectivity index is 2.30. The van der Waals surface area contributed by atoms with Gasteiger partial charge in [-0.2, -0.15) is 0 Å². The van der Waals surface area contributed by atoms with Crippen molar-refractivity contribution in [2.24, 2.45) is 10.8 Å². The maximum Gasteiger partial charge on any atom is 0.0620 e. The third-order valence-corrected chi connectivity index (χ3v) is 4.56. The van der Waals surface area contributed by atoms with Crippen LogP contribution in [0.3, 0.4) is 0 Å². The lowest BCUT2D eigenvalue weighted by Crippen LogP contribution is -2.47. The maximum absolute atomic E-state index is 5.49. The highest BCUT2D eigenvalue weighted by molar-refractivity contribution is 4.86. The second-order valence-electron chi connectivity index (χ2n) is 7.38. The second-order valence-corrected chi connectivity index (χ2v) is 7.38. The van der Waals surface area contributed by atoms with Crippen molar-refractivity contribution in [3.8, 4) is 0 Å². The Labute approximate surface area is 113 Å². The highest BCUT2D eigenvalue weighted by atomic mass is 16.5. The molecule has 1 aliphatic heterocycles. The van der Waals surface area contributed by atoms with Gasteiger partial charge >= 0.3 is 0 Å². The number of nitrogens with one attached hydrogen (secondary N) is 2. The fraction of sp³-hybridized carbons (Fsp3) is 1.00. The van der Waals surface area contributed by atoms with Gasteiger partial charge in [0.25, 0.3) is 0 Å². The third-order valence-electron chi connectivity index (χ3n) is 4.56. The zero-order valence-corrected chi connectivity index (χ0v) is 13.1. The van der Waals surface area contributed by atoms with Crippen LogP contribution in [0.2, 0.25) is 0 Å². The molecule has 0 radical (unpaired) electrons. The molecule has 1 rings (SSSR count). The van der Waals surface area contributed by atoms with E-state index >= 15 is 0 Å². The summed E-state index contributed by atoms with van der Waals surface area (Å²) < 4.78 is 5.49. The Morgan fingerprint density at radius 1 is 1.28 bits per heavy atom. The number of morpholine rings is 1. The molecule has 0 bridgehead atoms. The van der Waals surface area contributed by atoms with Crippen molar-refractivity contribution in [3.63, 3.8) is 0 Å². The average Bonchev–Trinajstić information content (AvgIpc) is 2.26.